The summed E-state index contributed by atoms with van der Waals surface area (Å²) in [6.07, 6.45) is 1.46. The van der Waals surface area contributed by atoms with Crippen LogP contribution in [0.2, 0.25) is 0 Å². The number of rotatable bonds is 2. The molecule has 0 aliphatic carbocycles. The summed E-state index contributed by atoms with van der Waals surface area (Å²) < 4.78 is 22.6. The molecule has 0 radical (unpaired) electrons. The smallest absolute Gasteiger partial charge is 0.165 e. The fraction of sp³-hybridized carbons (Fsp3) is 0.100. The molecule has 0 amide bonds. The molecule has 0 spiro atoms. The maximum Gasteiger partial charge on any atom is 0.165 e. The first-order valence-corrected chi connectivity index (χ1v) is 4.05. The van der Waals surface area contributed by atoms with Crippen LogP contribution in [0.4, 0.5) is 4.39 Å². The number of hydrogen-bond donors (Lipinski definition) is 0. The maximum absolute atomic E-state index is 13.0. The highest BCUT2D eigenvalue weighted by molar-refractivity contribution is 5.60. The molecular weight excluding hydrogens is 185 g/mol. The van der Waals surface area contributed by atoms with Crippen molar-refractivity contribution in [2.45, 2.75) is 0 Å². The predicted molar refractivity (Wildman–Crippen MR) is 48.4 cm³/mol. The zero-order valence-electron chi connectivity index (χ0n) is 7.53. The van der Waals surface area contributed by atoms with E-state index in [0.29, 0.717) is 5.69 Å². The van der Waals surface area contributed by atoms with Gasteiger partial charge in [0.15, 0.2) is 11.6 Å². The molecule has 0 saturated carbocycles. The molecule has 0 bridgehead atoms. The van der Waals surface area contributed by atoms with Crippen molar-refractivity contribution in [3.8, 4) is 17.0 Å². The second-order valence-electron chi connectivity index (χ2n) is 2.73. The standard InChI is InChI=1S/C10H8FNO2/c1-13-10-6-7(2-3-8(10)11)9-4-5-14-12-9/h2-6H,1H3. The number of methoxy groups -OCH3 is 1. The van der Waals surface area contributed by atoms with Crippen molar-refractivity contribution in [3.63, 3.8) is 0 Å². The van der Waals surface area contributed by atoms with Crippen molar-refractivity contribution in [1.82, 2.24) is 5.16 Å². The van der Waals surface area contributed by atoms with E-state index in [0.717, 1.165) is 5.56 Å². The van der Waals surface area contributed by atoms with Gasteiger partial charge in [-0.3, -0.25) is 0 Å². The van der Waals surface area contributed by atoms with E-state index in [2.05, 4.69) is 9.68 Å². The van der Waals surface area contributed by atoms with Gasteiger partial charge in [-0.2, -0.15) is 0 Å². The van der Waals surface area contributed by atoms with Crippen LogP contribution in [0.5, 0.6) is 5.75 Å². The van der Waals surface area contributed by atoms with E-state index in [1.807, 2.05) is 0 Å². The van der Waals surface area contributed by atoms with Gasteiger partial charge in [0.25, 0.3) is 0 Å². The number of benzene rings is 1. The predicted octanol–water partition coefficient (Wildman–Crippen LogP) is 2.49. The molecule has 1 heterocycles. The van der Waals surface area contributed by atoms with Crippen molar-refractivity contribution in [1.29, 1.82) is 0 Å². The SMILES string of the molecule is COc1cc(-c2ccon2)ccc1F. The Hall–Kier alpha value is -1.84. The molecule has 1 aromatic carbocycles. The van der Waals surface area contributed by atoms with E-state index in [1.54, 1.807) is 18.2 Å². The molecule has 0 unspecified atom stereocenters. The van der Waals surface area contributed by atoms with E-state index in [-0.39, 0.29) is 11.6 Å². The number of aromatic nitrogens is 1. The van der Waals surface area contributed by atoms with Gasteiger partial charge in [0, 0.05) is 11.6 Å². The molecule has 14 heavy (non-hydrogen) atoms. The summed E-state index contributed by atoms with van der Waals surface area (Å²) in [6, 6.07) is 6.23. The lowest BCUT2D eigenvalue weighted by molar-refractivity contribution is 0.386. The summed E-state index contributed by atoms with van der Waals surface area (Å²) >= 11 is 0. The monoisotopic (exact) mass is 193 g/mol. The van der Waals surface area contributed by atoms with Gasteiger partial charge in [-0.05, 0) is 18.2 Å². The summed E-state index contributed by atoms with van der Waals surface area (Å²) in [6.45, 7) is 0. The van der Waals surface area contributed by atoms with Crippen molar-refractivity contribution >= 4 is 0 Å². The van der Waals surface area contributed by atoms with Crippen LogP contribution in [0.1, 0.15) is 0 Å². The summed E-state index contributed by atoms with van der Waals surface area (Å²) in [4.78, 5) is 0. The summed E-state index contributed by atoms with van der Waals surface area (Å²) in [7, 11) is 1.42. The third kappa shape index (κ3) is 1.46. The fourth-order valence-electron chi connectivity index (χ4n) is 1.18. The van der Waals surface area contributed by atoms with Crippen molar-refractivity contribution < 1.29 is 13.7 Å². The third-order valence-electron chi connectivity index (χ3n) is 1.88. The largest absolute Gasteiger partial charge is 0.494 e. The molecule has 3 nitrogen and oxygen atoms in total. The highest BCUT2D eigenvalue weighted by Crippen LogP contribution is 2.24. The second-order valence-corrected chi connectivity index (χ2v) is 2.73. The lowest BCUT2D eigenvalue weighted by Gasteiger charge is -2.02. The zero-order valence-corrected chi connectivity index (χ0v) is 7.53. The quantitative estimate of drug-likeness (QED) is 0.734. The van der Waals surface area contributed by atoms with Gasteiger partial charge in [-0.1, -0.05) is 5.16 Å². The van der Waals surface area contributed by atoms with Gasteiger partial charge in [0.05, 0.1) is 7.11 Å². The summed E-state index contributed by atoms with van der Waals surface area (Å²) in [5.74, 6) is -0.190. The van der Waals surface area contributed by atoms with E-state index in [1.165, 1.54) is 19.4 Å². The average molecular weight is 193 g/mol. The van der Waals surface area contributed by atoms with Crippen molar-refractivity contribution in [2.75, 3.05) is 7.11 Å². The summed E-state index contributed by atoms with van der Waals surface area (Å²) in [5.41, 5.74) is 1.42. The van der Waals surface area contributed by atoms with Gasteiger partial charge in [-0.25, -0.2) is 4.39 Å². The number of hydrogen-bond acceptors (Lipinski definition) is 3. The molecule has 0 aliphatic heterocycles. The van der Waals surface area contributed by atoms with Crippen LogP contribution in [0.25, 0.3) is 11.3 Å². The van der Waals surface area contributed by atoms with E-state index >= 15 is 0 Å². The Morgan fingerprint density at radius 1 is 1.36 bits per heavy atom. The van der Waals surface area contributed by atoms with Crippen LogP contribution < -0.4 is 4.74 Å². The average Bonchev–Trinajstić information content (AvgIpc) is 2.71. The van der Waals surface area contributed by atoms with Gasteiger partial charge >= 0.3 is 0 Å². The number of nitrogens with zero attached hydrogens (tertiary/aromatic N) is 1. The minimum atomic E-state index is -0.389. The van der Waals surface area contributed by atoms with Crippen molar-refractivity contribution in [2.24, 2.45) is 0 Å². The summed E-state index contributed by atoms with van der Waals surface area (Å²) in [5, 5.41) is 3.74. The molecule has 0 N–H and O–H groups in total. The molecule has 2 rings (SSSR count). The lowest BCUT2D eigenvalue weighted by Crippen LogP contribution is -1.88. The minimum absolute atomic E-state index is 0.200. The Kier molecular flexibility index (Phi) is 2.18. The highest BCUT2D eigenvalue weighted by atomic mass is 19.1. The molecule has 0 atom stereocenters. The van der Waals surface area contributed by atoms with E-state index in [4.69, 9.17) is 4.74 Å². The minimum Gasteiger partial charge on any atom is -0.494 e. The molecule has 0 fully saturated rings. The highest BCUT2D eigenvalue weighted by Gasteiger charge is 2.06. The zero-order chi connectivity index (χ0) is 9.97. The first-order chi connectivity index (χ1) is 6.81. The Balaban J connectivity index is 2.46. The van der Waals surface area contributed by atoms with Gasteiger partial charge in [-0.15, -0.1) is 0 Å². The second kappa shape index (κ2) is 3.49. The van der Waals surface area contributed by atoms with Crippen LogP contribution in [0.3, 0.4) is 0 Å². The van der Waals surface area contributed by atoms with Crippen molar-refractivity contribution in [3.05, 3.63) is 36.3 Å². The lowest BCUT2D eigenvalue weighted by atomic mass is 10.1. The Labute approximate surface area is 80.1 Å². The van der Waals surface area contributed by atoms with E-state index < -0.39 is 0 Å². The molecule has 1 aromatic heterocycles. The number of halogens is 1. The Morgan fingerprint density at radius 2 is 2.21 bits per heavy atom. The molecule has 4 heteroatoms. The first kappa shape index (κ1) is 8.74. The van der Waals surface area contributed by atoms with Gasteiger partial charge in [0.1, 0.15) is 12.0 Å². The van der Waals surface area contributed by atoms with Crippen LogP contribution >= 0.6 is 0 Å². The molecule has 2 aromatic rings. The third-order valence-corrected chi connectivity index (χ3v) is 1.88. The van der Waals surface area contributed by atoms with Gasteiger partial charge in [0.2, 0.25) is 0 Å². The maximum atomic E-state index is 13.0. The molecule has 72 valence electrons. The molecular formula is C10H8FNO2. The Morgan fingerprint density at radius 3 is 2.86 bits per heavy atom. The van der Waals surface area contributed by atoms with Crippen LogP contribution in [-0.2, 0) is 0 Å². The van der Waals surface area contributed by atoms with Gasteiger partial charge < -0.3 is 9.26 Å². The molecule has 0 aliphatic rings. The molecule has 0 saturated heterocycles. The van der Waals surface area contributed by atoms with Crippen LogP contribution in [-0.4, -0.2) is 12.3 Å². The van der Waals surface area contributed by atoms with E-state index in [9.17, 15) is 4.39 Å². The number of ether oxygens (including phenoxy) is 1. The first-order valence-electron chi connectivity index (χ1n) is 4.05. The Bertz CT molecular complexity index is 426. The topological polar surface area (TPSA) is 35.3 Å². The normalized spacial score (nSPS) is 10.1. The van der Waals surface area contributed by atoms with Crippen LogP contribution in [0.15, 0.2) is 35.1 Å². The van der Waals surface area contributed by atoms with Crippen LogP contribution in [0, 0.1) is 5.82 Å². The fourth-order valence-corrected chi connectivity index (χ4v) is 1.18.